The number of thiazole rings is 1. The predicted molar refractivity (Wildman–Crippen MR) is 47.4 cm³/mol. The van der Waals surface area contributed by atoms with Crippen molar-refractivity contribution in [3.63, 3.8) is 0 Å². The zero-order chi connectivity index (χ0) is 9.14. The molecule has 0 aliphatic carbocycles. The first-order chi connectivity index (χ1) is 5.63. The minimum Gasteiger partial charge on any atom is -0.410 e. The lowest BCUT2D eigenvalue weighted by Crippen LogP contribution is -2.02. The van der Waals surface area contributed by atoms with Crippen molar-refractivity contribution in [2.75, 3.05) is 0 Å². The molecule has 0 aromatic carbocycles. The number of ether oxygens (including phenoxy) is 1. The number of aryl methyl sites for hydroxylation is 2. The van der Waals surface area contributed by atoms with Gasteiger partial charge in [0.15, 0.2) is 0 Å². The van der Waals surface area contributed by atoms with Crippen LogP contribution in [0.3, 0.4) is 0 Å². The van der Waals surface area contributed by atoms with Gasteiger partial charge in [0, 0.05) is 6.08 Å². The lowest BCUT2D eigenvalue weighted by Gasteiger charge is -1.95. The van der Waals surface area contributed by atoms with E-state index in [1.807, 2.05) is 6.92 Å². The highest BCUT2D eigenvalue weighted by Crippen LogP contribution is 2.25. The van der Waals surface area contributed by atoms with Crippen LogP contribution in [0.2, 0.25) is 0 Å². The molecular weight excluding hydrogens is 174 g/mol. The van der Waals surface area contributed by atoms with E-state index in [9.17, 15) is 4.79 Å². The molecule has 0 bridgehead atoms. The summed E-state index contributed by atoms with van der Waals surface area (Å²) in [6.07, 6.45) is 1.13. The topological polar surface area (TPSA) is 39.2 Å². The van der Waals surface area contributed by atoms with Gasteiger partial charge in [-0.3, -0.25) is 0 Å². The molecule has 0 fully saturated rings. The Morgan fingerprint density at radius 2 is 2.33 bits per heavy atom. The van der Waals surface area contributed by atoms with Gasteiger partial charge in [-0.1, -0.05) is 17.9 Å². The maximum atomic E-state index is 10.8. The van der Waals surface area contributed by atoms with E-state index in [0.717, 1.165) is 16.8 Å². The Kier molecular flexibility index (Phi) is 2.60. The molecule has 3 nitrogen and oxygen atoms in total. The SMILES string of the molecule is C=CC(=O)Oc1sc(C)nc1C. The van der Waals surface area contributed by atoms with E-state index in [2.05, 4.69) is 11.6 Å². The van der Waals surface area contributed by atoms with Crippen LogP contribution in [0.1, 0.15) is 10.7 Å². The Morgan fingerprint density at radius 3 is 2.75 bits per heavy atom. The predicted octanol–water partition coefficient (Wildman–Crippen LogP) is 1.85. The van der Waals surface area contributed by atoms with Crippen LogP contribution < -0.4 is 4.74 Å². The van der Waals surface area contributed by atoms with Gasteiger partial charge in [-0.25, -0.2) is 9.78 Å². The Labute approximate surface area is 74.7 Å². The third-order valence-electron chi connectivity index (χ3n) is 1.22. The van der Waals surface area contributed by atoms with Gasteiger partial charge in [-0.2, -0.15) is 0 Å². The van der Waals surface area contributed by atoms with Gasteiger partial charge in [0.25, 0.3) is 0 Å². The van der Waals surface area contributed by atoms with E-state index < -0.39 is 5.97 Å². The van der Waals surface area contributed by atoms with Gasteiger partial charge >= 0.3 is 5.97 Å². The number of nitrogens with zero attached hydrogens (tertiary/aromatic N) is 1. The molecule has 1 aromatic heterocycles. The number of hydrogen-bond donors (Lipinski definition) is 0. The van der Waals surface area contributed by atoms with E-state index in [-0.39, 0.29) is 0 Å². The Morgan fingerprint density at radius 1 is 1.67 bits per heavy atom. The zero-order valence-electron chi connectivity index (χ0n) is 6.96. The lowest BCUT2D eigenvalue weighted by molar-refractivity contribution is -0.128. The summed E-state index contributed by atoms with van der Waals surface area (Å²) < 4.78 is 4.91. The first-order valence-corrected chi connectivity index (χ1v) is 4.23. The molecule has 4 heteroatoms. The maximum Gasteiger partial charge on any atom is 0.336 e. The van der Waals surface area contributed by atoms with Crippen LogP contribution in [0, 0.1) is 13.8 Å². The summed E-state index contributed by atoms with van der Waals surface area (Å²) in [7, 11) is 0. The van der Waals surface area contributed by atoms with Crippen molar-refractivity contribution in [2.45, 2.75) is 13.8 Å². The van der Waals surface area contributed by atoms with Crippen molar-refractivity contribution in [3.8, 4) is 5.06 Å². The van der Waals surface area contributed by atoms with Crippen LogP contribution in [0.4, 0.5) is 0 Å². The number of esters is 1. The standard InChI is InChI=1S/C8H9NO2S/c1-4-7(10)11-8-5(2)9-6(3)12-8/h4H,1H2,2-3H3. The van der Waals surface area contributed by atoms with Crippen LogP contribution in [0.15, 0.2) is 12.7 Å². The highest BCUT2D eigenvalue weighted by Gasteiger charge is 2.08. The molecule has 0 saturated heterocycles. The van der Waals surface area contributed by atoms with Crippen LogP contribution in [0.5, 0.6) is 5.06 Å². The number of carbonyl (C=O) groups excluding carboxylic acids is 1. The normalized spacial score (nSPS) is 9.50. The molecular formula is C8H9NO2S. The first kappa shape index (κ1) is 8.93. The molecule has 0 aliphatic heterocycles. The van der Waals surface area contributed by atoms with E-state index in [0.29, 0.717) is 5.06 Å². The molecule has 0 spiro atoms. The van der Waals surface area contributed by atoms with Gasteiger partial charge in [0.2, 0.25) is 5.06 Å². The highest BCUT2D eigenvalue weighted by molar-refractivity contribution is 7.13. The summed E-state index contributed by atoms with van der Waals surface area (Å²) in [6, 6.07) is 0. The maximum absolute atomic E-state index is 10.8. The molecule has 1 heterocycles. The molecule has 12 heavy (non-hydrogen) atoms. The van der Waals surface area contributed by atoms with Gasteiger partial charge in [-0.05, 0) is 13.8 Å². The lowest BCUT2D eigenvalue weighted by atomic mass is 10.5. The van der Waals surface area contributed by atoms with Crippen LogP contribution in [-0.2, 0) is 4.79 Å². The fraction of sp³-hybridized carbons (Fsp3) is 0.250. The summed E-state index contributed by atoms with van der Waals surface area (Å²) in [5.74, 6) is -0.443. The average molecular weight is 183 g/mol. The number of aromatic nitrogens is 1. The number of hydrogen-bond acceptors (Lipinski definition) is 4. The largest absolute Gasteiger partial charge is 0.410 e. The molecule has 64 valence electrons. The Hall–Kier alpha value is -1.16. The van der Waals surface area contributed by atoms with Crippen molar-refractivity contribution in [3.05, 3.63) is 23.4 Å². The van der Waals surface area contributed by atoms with Crippen molar-refractivity contribution >= 4 is 17.3 Å². The van der Waals surface area contributed by atoms with Crippen LogP contribution in [0.25, 0.3) is 0 Å². The molecule has 1 aromatic rings. The summed E-state index contributed by atoms with van der Waals surface area (Å²) in [5.41, 5.74) is 0.743. The van der Waals surface area contributed by atoms with Crippen molar-refractivity contribution in [1.29, 1.82) is 0 Å². The molecule has 0 unspecified atom stereocenters. The smallest absolute Gasteiger partial charge is 0.336 e. The van der Waals surface area contributed by atoms with Crippen LogP contribution in [-0.4, -0.2) is 11.0 Å². The second kappa shape index (κ2) is 3.49. The third-order valence-corrected chi connectivity index (χ3v) is 2.17. The van der Waals surface area contributed by atoms with Crippen LogP contribution >= 0.6 is 11.3 Å². The average Bonchev–Trinajstić information content (AvgIpc) is 2.30. The molecule has 0 radical (unpaired) electrons. The van der Waals surface area contributed by atoms with Gasteiger partial charge in [-0.15, -0.1) is 0 Å². The number of carbonyl (C=O) groups is 1. The summed E-state index contributed by atoms with van der Waals surface area (Å²) >= 11 is 1.36. The van der Waals surface area contributed by atoms with Crippen molar-refractivity contribution < 1.29 is 9.53 Å². The van der Waals surface area contributed by atoms with Gasteiger partial charge in [0.1, 0.15) is 0 Å². The highest BCUT2D eigenvalue weighted by atomic mass is 32.1. The fourth-order valence-corrected chi connectivity index (χ4v) is 1.51. The van der Waals surface area contributed by atoms with E-state index in [4.69, 9.17) is 4.74 Å². The second-order valence-electron chi connectivity index (χ2n) is 2.23. The minimum atomic E-state index is -0.443. The summed E-state index contributed by atoms with van der Waals surface area (Å²) in [6.45, 7) is 6.97. The van der Waals surface area contributed by atoms with E-state index in [1.165, 1.54) is 11.3 Å². The van der Waals surface area contributed by atoms with Crippen molar-refractivity contribution in [1.82, 2.24) is 4.98 Å². The quantitative estimate of drug-likeness (QED) is 0.519. The molecule has 0 atom stereocenters. The monoisotopic (exact) mass is 183 g/mol. The Balaban J connectivity index is 2.81. The third kappa shape index (κ3) is 1.92. The molecule has 0 amide bonds. The first-order valence-electron chi connectivity index (χ1n) is 3.41. The van der Waals surface area contributed by atoms with Crippen molar-refractivity contribution in [2.24, 2.45) is 0 Å². The zero-order valence-corrected chi connectivity index (χ0v) is 7.77. The molecule has 1 rings (SSSR count). The summed E-state index contributed by atoms with van der Waals surface area (Å²) in [5, 5.41) is 1.44. The molecule has 0 N–H and O–H groups in total. The fourth-order valence-electron chi connectivity index (χ4n) is 0.740. The van der Waals surface area contributed by atoms with E-state index in [1.54, 1.807) is 6.92 Å². The minimum absolute atomic E-state index is 0.443. The summed E-state index contributed by atoms with van der Waals surface area (Å²) in [4.78, 5) is 14.9. The van der Waals surface area contributed by atoms with Gasteiger partial charge < -0.3 is 4.74 Å². The molecule has 0 saturated carbocycles. The molecule has 0 aliphatic rings. The van der Waals surface area contributed by atoms with Gasteiger partial charge in [0.05, 0.1) is 10.7 Å². The number of rotatable bonds is 2. The van der Waals surface area contributed by atoms with E-state index >= 15 is 0 Å². The Bertz CT molecular complexity index is 317. The second-order valence-corrected chi connectivity index (χ2v) is 3.40.